The summed E-state index contributed by atoms with van der Waals surface area (Å²) in [6, 6.07) is 15.7. The highest BCUT2D eigenvalue weighted by atomic mass is 32.2. The van der Waals surface area contributed by atoms with Gasteiger partial charge >= 0.3 is 0 Å². The molecule has 3 rings (SSSR count). The molecule has 1 aliphatic heterocycles. The topological polar surface area (TPSA) is 69.7 Å². The summed E-state index contributed by atoms with van der Waals surface area (Å²) in [4.78, 5) is 14.6. The van der Waals surface area contributed by atoms with Crippen LogP contribution in [0.3, 0.4) is 0 Å². The first-order valence-corrected chi connectivity index (χ1v) is 11.3. The Morgan fingerprint density at radius 2 is 1.50 bits per heavy atom. The average Bonchev–Trinajstić information content (AvgIpc) is 2.67. The third-order valence-electron chi connectivity index (χ3n) is 5.00. The first-order valence-electron chi connectivity index (χ1n) is 9.41. The molecule has 0 saturated carbocycles. The van der Waals surface area contributed by atoms with Gasteiger partial charge in [-0.1, -0.05) is 42.0 Å². The lowest BCUT2D eigenvalue weighted by Crippen LogP contribution is -2.47. The molecule has 0 radical (unpaired) electrons. The summed E-state index contributed by atoms with van der Waals surface area (Å²) in [7, 11) is -3.10. The predicted molar refractivity (Wildman–Crippen MR) is 110 cm³/mol. The van der Waals surface area contributed by atoms with Crippen LogP contribution in [0.5, 0.6) is 0 Å². The molecule has 7 heteroatoms. The minimum atomic E-state index is -3.10. The van der Waals surface area contributed by atoms with E-state index in [4.69, 9.17) is 0 Å². The number of nitrogens with one attached hydrogen (secondary N) is 1. The fourth-order valence-corrected chi connectivity index (χ4v) is 4.06. The SMILES string of the molecule is Cc1ccc(CNC(=O)c2ccc(CN3CCN(S(C)(=O)=O)CC3)cc2)cc1. The van der Waals surface area contributed by atoms with Crippen molar-refractivity contribution in [1.82, 2.24) is 14.5 Å². The molecule has 1 amide bonds. The molecule has 1 fully saturated rings. The van der Waals surface area contributed by atoms with Crippen LogP contribution in [0, 0.1) is 6.92 Å². The lowest BCUT2D eigenvalue weighted by Gasteiger charge is -2.33. The van der Waals surface area contributed by atoms with Gasteiger partial charge in [-0.05, 0) is 30.2 Å². The summed E-state index contributed by atoms with van der Waals surface area (Å²) in [5, 5.41) is 2.94. The molecule has 0 aliphatic carbocycles. The van der Waals surface area contributed by atoms with Gasteiger partial charge in [-0.3, -0.25) is 9.69 Å². The normalized spacial score (nSPS) is 16.1. The number of sulfonamides is 1. The maximum absolute atomic E-state index is 12.3. The number of carbonyl (C=O) groups is 1. The van der Waals surface area contributed by atoms with Crippen LogP contribution in [0.2, 0.25) is 0 Å². The highest BCUT2D eigenvalue weighted by Gasteiger charge is 2.23. The zero-order chi connectivity index (χ0) is 20.1. The molecule has 1 heterocycles. The molecular weight excluding hydrogens is 374 g/mol. The summed E-state index contributed by atoms with van der Waals surface area (Å²) < 4.78 is 24.7. The van der Waals surface area contributed by atoms with Crippen LogP contribution >= 0.6 is 0 Å². The number of nitrogens with zero attached hydrogens (tertiary/aromatic N) is 2. The molecule has 28 heavy (non-hydrogen) atoms. The number of amides is 1. The monoisotopic (exact) mass is 401 g/mol. The van der Waals surface area contributed by atoms with Gasteiger partial charge in [0.15, 0.2) is 0 Å². The zero-order valence-electron chi connectivity index (χ0n) is 16.4. The first kappa shape index (κ1) is 20.5. The molecule has 1 aliphatic rings. The molecule has 0 spiro atoms. The van der Waals surface area contributed by atoms with Gasteiger partial charge in [-0.25, -0.2) is 8.42 Å². The summed E-state index contributed by atoms with van der Waals surface area (Å²) in [5.74, 6) is -0.0890. The van der Waals surface area contributed by atoms with E-state index in [1.807, 2.05) is 55.5 Å². The Bertz CT molecular complexity index is 901. The van der Waals surface area contributed by atoms with Crippen molar-refractivity contribution in [1.29, 1.82) is 0 Å². The quantitative estimate of drug-likeness (QED) is 0.804. The van der Waals surface area contributed by atoms with Crippen LogP contribution in [0.25, 0.3) is 0 Å². The Hall–Kier alpha value is -2.22. The van der Waals surface area contributed by atoms with E-state index in [-0.39, 0.29) is 5.91 Å². The Labute approximate surface area is 167 Å². The molecular formula is C21H27N3O3S. The van der Waals surface area contributed by atoms with Gasteiger partial charge in [-0.2, -0.15) is 4.31 Å². The average molecular weight is 402 g/mol. The van der Waals surface area contributed by atoms with Gasteiger partial charge in [-0.15, -0.1) is 0 Å². The molecule has 0 aromatic heterocycles. The Morgan fingerprint density at radius 1 is 0.929 bits per heavy atom. The second kappa shape index (κ2) is 8.86. The molecule has 0 bridgehead atoms. The van der Waals surface area contributed by atoms with Crippen molar-refractivity contribution in [3.05, 3.63) is 70.8 Å². The summed E-state index contributed by atoms with van der Waals surface area (Å²) in [6.45, 7) is 5.78. The summed E-state index contributed by atoms with van der Waals surface area (Å²) in [5.41, 5.74) is 4.02. The van der Waals surface area contributed by atoms with Crippen LogP contribution < -0.4 is 5.32 Å². The summed E-state index contributed by atoms with van der Waals surface area (Å²) >= 11 is 0. The zero-order valence-corrected chi connectivity index (χ0v) is 17.2. The van der Waals surface area contributed by atoms with Crippen LogP contribution in [-0.2, 0) is 23.1 Å². The molecule has 1 saturated heterocycles. The van der Waals surface area contributed by atoms with Gasteiger partial charge in [0, 0.05) is 44.8 Å². The minimum Gasteiger partial charge on any atom is -0.348 e. The number of carbonyl (C=O) groups excluding carboxylic acids is 1. The predicted octanol–water partition coefficient (Wildman–Crippen LogP) is 2.00. The van der Waals surface area contributed by atoms with Gasteiger partial charge < -0.3 is 5.32 Å². The van der Waals surface area contributed by atoms with Crippen LogP contribution in [0.4, 0.5) is 0 Å². The lowest BCUT2D eigenvalue weighted by molar-refractivity contribution is 0.0951. The summed E-state index contributed by atoms with van der Waals surface area (Å²) in [6.07, 6.45) is 1.26. The van der Waals surface area contributed by atoms with E-state index in [0.717, 1.165) is 17.7 Å². The largest absolute Gasteiger partial charge is 0.348 e. The van der Waals surface area contributed by atoms with Crippen molar-refractivity contribution in [3.63, 3.8) is 0 Å². The molecule has 0 unspecified atom stereocenters. The van der Waals surface area contributed by atoms with E-state index in [0.29, 0.717) is 38.3 Å². The lowest BCUT2D eigenvalue weighted by atomic mass is 10.1. The third-order valence-corrected chi connectivity index (χ3v) is 6.30. The second-order valence-electron chi connectivity index (χ2n) is 7.30. The van der Waals surface area contributed by atoms with Crippen molar-refractivity contribution in [2.45, 2.75) is 20.0 Å². The van der Waals surface area contributed by atoms with Crippen LogP contribution in [0.15, 0.2) is 48.5 Å². The molecule has 2 aromatic carbocycles. The van der Waals surface area contributed by atoms with Gasteiger partial charge in [0.2, 0.25) is 10.0 Å². The molecule has 1 N–H and O–H groups in total. The number of piperazine rings is 1. The Kier molecular flexibility index (Phi) is 6.49. The fraction of sp³-hybridized carbons (Fsp3) is 0.381. The van der Waals surface area contributed by atoms with E-state index < -0.39 is 10.0 Å². The Balaban J connectivity index is 1.49. The van der Waals surface area contributed by atoms with E-state index in [1.54, 1.807) is 0 Å². The molecule has 150 valence electrons. The fourth-order valence-electron chi connectivity index (χ4n) is 3.23. The highest BCUT2D eigenvalue weighted by Crippen LogP contribution is 2.12. The molecule has 0 atom stereocenters. The molecule has 2 aromatic rings. The standard InChI is InChI=1S/C21H27N3O3S/c1-17-3-5-18(6-4-17)15-22-21(25)20-9-7-19(8-10-20)16-23-11-13-24(14-12-23)28(2,26)27/h3-10H,11-16H2,1-2H3,(H,22,25). The van der Waals surface area contributed by atoms with Crippen molar-refractivity contribution < 1.29 is 13.2 Å². The van der Waals surface area contributed by atoms with Crippen molar-refractivity contribution >= 4 is 15.9 Å². The van der Waals surface area contributed by atoms with Crippen molar-refractivity contribution in [2.24, 2.45) is 0 Å². The van der Waals surface area contributed by atoms with Crippen molar-refractivity contribution in [3.8, 4) is 0 Å². The first-order chi connectivity index (χ1) is 13.3. The smallest absolute Gasteiger partial charge is 0.251 e. The van der Waals surface area contributed by atoms with Crippen LogP contribution in [0.1, 0.15) is 27.0 Å². The minimum absolute atomic E-state index is 0.0890. The van der Waals surface area contributed by atoms with Gasteiger partial charge in [0.05, 0.1) is 6.26 Å². The number of aryl methyl sites for hydroxylation is 1. The van der Waals surface area contributed by atoms with E-state index in [2.05, 4.69) is 10.2 Å². The van der Waals surface area contributed by atoms with Crippen molar-refractivity contribution in [2.75, 3.05) is 32.4 Å². The maximum atomic E-state index is 12.3. The number of benzene rings is 2. The Morgan fingerprint density at radius 3 is 2.07 bits per heavy atom. The van der Waals surface area contributed by atoms with E-state index in [1.165, 1.54) is 16.1 Å². The number of rotatable bonds is 6. The van der Waals surface area contributed by atoms with E-state index in [9.17, 15) is 13.2 Å². The highest BCUT2D eigenvalue weighted by molar-refractivity contribution is 7.88. The maximum Gasteiger partial charge on any atom is 0.251 e. The second-order valence-corrected chi connectivity index (χ2v) is 9.29. The van der Waals surface area contributed by atoms with Gasteiger partial charge in [0.1, 0.15) is 0 Å². The number of hydrogen-bond acceptors (Lipinski definition) is 4. The molecule has 6 nitrogen and oxygen atoms in total. The third kappa shape index (κ3) is 5.64. The van der Waals surface area contributed by atoms with Gasteiger partial charge in [0.25, 0.3) is 5.91 Å². The van der Waals surface area contributed by atoms with Crippen LogP contribution in [-0.4, -0.2) is 56.0 Å². The number of hydrogen-bond donors (Lipinski definition) is 1. The van der Waals surface area contributed by atoms with E-state index >= 15 is 0 Å².